The smallest absolute Gasteiger partial charge is 0.322 e. The Balaban J connectivity index is 1.61. The number of likely N-dealkylation sites (N-methyl/N-ethyl adjacent to an activating group) is 1. The maximum atomic E-state index is 13.2. The van der Waals surface area contributed by atoms with Crippen molar-refractivity contribution in [2.45, 2.75) is 12.5 Å². The van der Waals surface area contributed by atoms with Crippen molar-refractivity contribution in [2.24, 2.45) is 0 Å². The lowest BCUT2D eigenvalue weighted by Gasteiger charge is -2.31. The molecule has 144 valence electrons. The van der Waals surface area contributed by atoms with Crippen molar-refractivity contribution in [2.75, 3.05) is 20.1 Å². The van der Waals surface area contributed by atoms with Crippen molar-refractivity contribution >= 4 is 35.1 Å². The Kier molecular flexibility index (Phi) is 5.00. The van der Waals surface area contributed by atoms with Gasteiger partial charge in [-0.05, 0) is 29.8 Å². The maximum Gasteiger partial charge on any atom is 0.322 e. The molecule has 1 atom stereocenters. The molecule has 0 fully saturated rings. The van der Waals surface area contributed by atoms with E-state index in [0.717, 1.165) is 11.3 Å². The van der Waals surface area contributed by atoms with Crippen molar-refractivity contribution in [1.29, 1.82) is 0 Å². The summed E-state index contributed by atoms with van der Waals surface area (Å²) in [5.74, 6) is -0.0890. The summed E-state index contributed by atoms with van der Waals surface area (Å²) in [4.78, 5) is 33.2. The number of nitrogens with zero attached hydrogens (tertiary/aromatic N) is 3. The topological polar surface area (TPSA) is 65.5 Å². The van der Waals surface area contributed by atoms with E-state index in [1.54, 1.807) is 36.3 Å². The summed E-state index contributed by atoms with van der Waals surface area (Å²) in [5, 5.41) is 3.70. The van der Waals surface area contributed by atoms with Crippen molar-refractivity contribution < 1.29 is 9.59 Å². The minimum absolute atomic E-state index is 0.0890. The third-order valence-electron chi connectivity index (χ3n) is 5.08. The summed E-state index contributed by atoms with van der Waals surface area (Å²) < 4.78 is 0. The van der Waals surface area contributed by atoms with E-state index in [1.807, 2.05) is 18.2 Å². The number of hydrogen-bond acceptors (Lipinski definition) is 3. The first-order chi connectivity index (χ1) is 13.5. The Labute approximate surface area is 172 Å². The quantitative estimate of drug-likeness (QED) is 0.829. The third kappa shape index (κ3) is 3.34. The van der Waals surface area contributed by atoms with Gasteiger partial charge in [0.25, 0.3) is 5.91 Å². The summed E-state index contributed by atoms with van der Waals surface area (Å²) in [5.41, 5.74) is 2.93. The number of benzene rings is 1. The molecule has 1 unspecified atom stereocenters. The summed E-state index contributed by atoms with van der Waals surface area (Å²) in [6.45, 7) is 0.918. The van der Waals surface area contributed by atoms with Crippen LogP contribution in [0, 0.1) is 0 Å². The molecule has 2 aliphatic rings. The molecule has 2 aromatic rings. The van der Waals surface area contributed by atoms with Gasteiger partial charge >= 0.3 is 6.03 Å². The molecule has 2 aliphatic heterocycles. The molecular formula is C20H18Cl2N4O2. The van der Waals surface area contributed by atoms with Crippen molar-refractivity contribution in [1.82, 2.24) is 20.1 Å². The van der Waals surface area contributed by atoms with E-state index in [-0.39, 0.29) is 11.9 Å². The molecule has 28 heavy (non-hydrogen) atoms. The van der Waals surface area contributed by atoms with Gasteiger partial charge in [0.05, 0.1) is 33.9 Å². The van der Waals surface area contributed by atoms with Gasteiger partial charge in [0.2, 0.25) is 0 Å². The highest BCUT2D eigenvalue weighted by Gasteiger charge is 2.42. The highest BCUT2D eigenvalue weighted by atomic mass is 35.5. The third-order valence-corrected chi connectivity index (χ3v) is 5.82. The van der Waals surface area contributed by atoms with E-state index in [9.17, 15) is 9.59 Å². The SMILES string of the molecule is CN1C(=O)NC(c2ccc(Cl)c(Cl)c2)C2=C1CN(CCc1ccccn1)C2=O. The standard InChI is InChI=1S/C20H18Cl2N4O2/c1-25-16-11-26(9-7-13-4-2-3-8-23-13)19(27)17(16)18(24-20(25)28)12-5-6-14(21)15(22)10-12/h2-6,8,10,18H,7,9,11H2,1H3,(H,24,28). The zero-order valence-electron chi connectivity index (χ0n) is 15.2. The second-order valence-corrected chi connectivity index (χ2v) is 7.59. The highest BCUT2D eigenvalue weighted by molar-refractivity contribution is 6.42. The lowest BCUT2D eigenvalue weighted by molar-refractivity contribution is -0.125. The second-order valence-electron chi connectivity index (χ2n) is 6.77. The summed E-state index contributed by atoms with van der Waals surface area (Å²) >= 11 is 12.2. The number of carbonyl (C=O) groups excluding carboxylic acids is 2. The lowest BCUT2D eigenvalue weighted by Crippen LogP contribution is -2.45. The molecule has 6 nitrogen and oxygen atoms in total. The fourth-order valence-electron chi connectivity index (χ4n) is 3.54. The van der Waals surface area contributed by atoms with E-state index in [1.165, 1.54) is 4.90 Å². The number of rotatable bonds is 4. The van der Waals surface area contributed by atoms with Gasteiger partial charge < -0.3 is 10.2 Å². The van der Waals surface area contributed by atoms with Crippen molar-refractivity contribution in [3.8, 4) is 0 Å². The van der Waals surface area contributed by atoms with E-state index in [4.69, 9.17) is 23.2 Å². The van der Waals surface area contributed by atoms with Crippen LogP contribution in [0.3, 0.4) is 0 Å². The molecule has 0 saturated carbocycles. The van der Waals surface area contributed by atoms with Crippen LogP contribution in [0.15, 0.2) is 53.9 Å². The Bertz CT molecular complexity index is 977. The molecule has 3 heterocycles. The molecule has 0 saturated heterocycles. The predicted octanol–water partition coefficient (Wildman–Crippen LogP) is 3.42. The number of amides is 3. The van der Waals surface area contributed by atoms with Crippen LogP contribution in [-0.2, 0) is 11.2 Å². The number of carbonyl (C=O) groups is 2. The number of pyridine rings is 1. The van der Waals surface area contributed by atoms with Crippen LogP contribution < -0.4 is 5.32 Å². The van der Waals surface area contributed by atoms with Crippen LogP contribution in [0.1, 0.15) is 17.3 Å². The molecule has 1 aromatic carbocycles. The highest BCUT2D eigenvalue weighted by Crippen LogP contribution is 2.37. The molecule has 1 N–H and O–H groups in total. The minimum atomic E-state index is -0.555. The monoisotopic (exact) mass is 416 g/mol. The molecule has 4 rings (SSSR count). The summed E-state index contributed by atoms with van der Waals surface area (Å²) in [6, 6.07) is 10.0. The number of nitrogens with one attached hydrogen (secondary N) is 1. The average molecular weight is 417 g/mol. The second kappa shape index (κ2) is 7.45. The van der Waals surface area contributed by atoms with Crippen LogP contribution in [0.25, 0.3) is 0 Å². The molecular weight excluding hydrogens is 399 g/mol. The first-order valence-corrected chi connectivity index (χ1v) is 9.62. The van der Waals surface area contributed by atoms with Gasteiger partial charge in [-0.15, -0.1) is 0 Å². The summed E-state index contributed by atoms with van der Waals surface area (Å²) in [6.07, 6.45) is 2.39. The van der Waals surface area contributed by atoms with E-state index < -0.39 is 6.04 Å². The van der Waals surface area contributed by atoms with Gasteiger partial charge in [0, 0.05) is 31.9 Å². The molecule has 0 radical (unpaired) electrons. The molecule has 1 aromatic heterocycles. The van der Waals surface area contributed by atoms with Crippen LogP contribution in [0.2, 0.25) is 10.0 Å². The Morgan fingerprint density at radius 3 is 2.71 bits per heavy atom. The van der Waals surface area contributed by atoms with E-state index >= 15 is 0 Å². The lowest BCUT2D eigenvalue weighted by atomic mass is 9.96. The van der Waals surface area contributed by atoms with Gasteiger partial charge in [0.15, 0.2) is 0 Å². The largest absolute Gasteiger partial charge is 0.333 e. The molecule has 0 spiro atoms. The first kappa shape index (κ1) is 18.8. The zero-order valence-corrected chi connectivity index (χ0v) is 16.7. The first-order valence-electron chi connectivity index (χ1n) is 8.87. The van der Waals surface area contributed by atoms with Crippen LogP contribution in [0.5, 0.6) is 0 Å². The van der Waals surface area contributed by atoms with Gasteiger partial charge in [-0.25, -0.2) is 4.79 Å². The van der Waals surface area contributed by atoms with Crippen LogP contribution >= 0.6 is 23.2 Å². The molecule has 3 amide bonds. The normalized spacial score (nSPS) is 19.2. The van der Waals surface area contributed by atoms with Gasteiger partial charge in [-0.1, -0.05) is 35.3 Å². The Morgan fingerprint density at radius 2 is 2.00 bits per heavy atom. The molecule has 0 bridgehead atoms. The molecule has 8 heteroatoms. The average Bonchev–Trinajstić information content (AvgIpc) is 3.03. The van der Waals surface area contributed by atoms with Gasteiger partial charge in [-0.2, -0.15) is 0 Å². The predicted molar refractivity (Wildman–Crippen MR) is 107 cm³/mol. The number of urea groups is 1. The van der Waals surface area contributed by atoms with Crippen LogP contribution in [-0.4, -0.2) is 46.9 Å². The molecule has 0 aliphatic carbocycles. The fraction of sp³-hybridized carbons (Fsp3) is 0.250. The zero-order chi connectivity index (χ0) is 19.8. The minimum Gasteiger partial charge on any atom is -0.333 e. The van der Waals surface area contributed by atoms with Crippen LogP contribution in [0.4, 0.5) is 4.79 Å². The maximum absolute atomic E-state index is 13.2. The number of hydrogen-bond donors (Lipinski definition) is 1. The number of aromatic nitrogens is 1. The van der Waals surface area contributed by atoms with Crippen molar-refractivity contribution in [3.05, 3.63) is 75.2 Å². The van der Waals surface area contributed by atoms with Gasteiger partial charge in [0.1, 0.15) is 0 Å². The van der Waals surface area contributed by atoms with E-state index in [0.29, 0.717) is 40.8 Å². The Morgan fingerprint density at radius 1 is 1.18 bits per heavy atom. The summed E-state index contributed by atoms with van der Waals surface area (Å²) in [7, 11) is 1.67. The van der Waals surface area contributed by atoms with Crippen molar-refractivity contribution in [3.63, 3.8) is 0 Å². The Hall–Kier alpha value is -2.57. The van der Waals surface area contributed by atoms with E-state index in [2.05, 4.69) is 10.3 Å². The fourth-order valence-corrected chi connectivity index (χ4v) is 3.85. The van der Waals surface area contributed by atoms with Gasteiger partial charge in [-0.3, -0.25) is 14.7 Å². The number of halogens is 2.